The number of benzene rings is 2. The molecule has 2 aromatic carbocycles. The number of anilines is 1. The first-order valence-electron chi connectivity index (χ1n) is 12.0. The summed E-state index contributed by atoms with van der Waals surface area (Å²) in [6, 6.07) is 10.8. The van der Waals surface area contributed by atoms with E-state index in [9.17, 15) is 13.2 Å². The minimum atomic E-state index is -4.37. The number of rotatable bonds is 7. The number of allylic oxidation sites excluding steroid dienone is 1. The van der Waals surface area contributed by atoms with Crippen LogP contribution in [0, 0.1) is 0 Å². The Kier molecular flexibility index (Phi) is 7.16. The number of aryl methyl sites for hydroxylation is 1. The molecule has 2 aliphatic rings. The third-order valence-electron chi connectivity index (χ3n) is 7.38. The monoisotopic (exact) mass is 488 g/mol. The molecule has 0 aliphatic carbocycles. The largest absolute Gasteiger partial charge is 0.416 e. The van der Waals surface area contributed by atoms with Crippen LogP contribution in [0.3, 0.4) is 0 Å². The molecule has 0 aromatic heterocycles. The fourth-order valence-electron chi connectivity index (χ4n) is 5.57. The zero-order valence-electron chi connectivity index (χ0n) is 19.7. The van der Waals surface area contributed by atoms with Crippen LogP contribution in [-0.2, 0) is 18.0 Å². The predicted octanol–water partition coefficient (Wildman–Crippen LogP) is 7.71. The van der Waals surface area contributed by atoms with Gasteiger partial charge < -0.3 is 9.80 Å². The lowest BCUT2D eigenvalue weighted by Crippen LogP contribution is -2.44. The van der Waals surface area contributed by atoms with E-state index in [0.29, 0.717) is 12.0 Å². The SMILES string of the molecule is C=Cc1ccc(CCCN2CCC3(CC2)C(=C)N(CCC)c2ccc(Cl)cc23)cc1C(F)(F)F. The lowest BCUT2D eigenvalue weighted by atomic mass is 9.72. The van der Waals surface area contributed by atoms with Crippen LogP contribution in [0.5, 0.6) is 0 Å². The minimum absolute atomic E-state index is 0.0754. The van der Waals surface area contributed by atoms with E-state index >= 15 is 0 Å². The molecule has 1 saturated heterocycles. The summed E-state index contributed by atoms with van der Waals surface area (Å²) in [7, 11) is 0. The Labute approximate surface area is 205 Å². The van der Waals surface area contributed by atoms with E-state index in [1.807, 2.05) is 6.07 Å². The van der Waals surface area contributed by atoms with Crippen LogP contribution in [0.15, 0.2) is 55.3 Å². The quantitative estimate of drug-likeness (QED) is 0.393. The minimum Gasteiger partial charge on any atom is -0.345 e. The van der Waals surface area contributed by atoms with E-state index in [0.717, 1.165) is 56.9 Å². The number of fused-ring (bicyclic) bond motifs is 2. The molecule has 0 unspecified atom stereocenters. The van der Waals surface area contributed by atoms with E-state index in [1.54, 1.807) is 6.07 Å². The van der Waals surface area contributed by atoms with E-state index in [4.69, 9.17) is 11.6 Å². The van der Waals surface area contributed by atoms with E-state index in [-0.39, 0.29) is 11.0 Å². The Morgan fingerprint density at radius 1 is 1.09 bits per heavy atom. The normalized spacial score (nSPS) is 17.9. The van der Waals surface area contributed by atoms with Crippen LogP contribution in [0.4, 0.5) is 18.9 Å². The summed E-state index contributed by atoms with van der Waals surface area (Å²) < 4.78 is 40.0. The smallest absolute Gasteiger partial charge is 0.345 e. The van der Waals surface area contributed by atoms with Crippen LogP contribution < -0.4 is 4.90 Å². The lowest BCUT2D eigenvalue weighted by molar-refractivity contribution is -0.137. The highest BCUT2D eigenvalue weighted by atomic mass is 35.5. The molecule has 182 valence electrons. The molecule has 2 aliphatic heterocycles. The van der Waals surface area contributed by atoms with Gasteiger partial charge in [0, 0.05) is 28.4 Å². The van der Waals surface area contributed by atoms with Gasteiger partial charge in [-0.05, 0) is 92.7 Å². The van der Waals surface area contributed by atoms with Gasteiger partial charge in [-0.1, -0.05) is 49.9 Å². The van der Waals surface area contributed by atoms with Crippen molar-refractivity contribution in [1.82, 2.24) is 4.90 Å². The van der Waals surface area contributed by atoms with E-state index < -0.39 is 11.7 Å². The van der Waals surface area contributed by atoms with Crippen molar-refractivity contribution < 1.29 is 13.2 Å². The lowest BCUT2D eigenvalue weighted by Gasteiger charge is -2.41. The van der Waals surface area contributed by atoms with Crippen molar-refractivity contribution in [2.45, 2.75) is 50.6 Å². The summed E-state index contributed by atoms with van der Waals surface area (Å²) in [5, 5.41) is 0.757. The van der Waals surface area contributed by atoms with Gasteiger partial charge in [-0.25, -0.2) is 0 Å². The molecule has 2 aromatic rings. The van der Waals surface area contributed by atoms with E-state index in [1.165, 1.54) is 35.2 Å². The maximum absolute atomic E-state index is 13.3. The summed E-state index contributed by atoms with van der Waals surface area (Å²) in [6.07, 6.45) is 1.35. The van der Waals surface area contributed by atoms with Crippen LogP contribution in [-0.4, -0.2) is 31.1 Å². The highest BCUT2D eigenvalue weighted by Gasteiger charge is 2.47. The van der Waals surface area contributed by atoms with Crippen LogP contribution in [0.25, 0.3) is 6.08 Å². The second-order valence-electron chi connectivity index (χ2n) is 9.41. The fourth-order valence-corrected chi connectivity index (χ4v) is 5.74. The molecule has 4 rings (SSSR count). The zero-order chi connectivity index (χ0) is 24.5. The highest BCUT2D eigenvalue weighted by Crippen LogP contribution is 2.53. The molecular formula is C28H32ClF3N2. The molecule has 1 fully saturated rings. The number of likely N-dealkylation sites (tertiary alicyclic amines) is 1. The third kappa shape index (κ3) is 4.65. The Hall–Kier alpha value is -2.24. The molecule has 1 spiro atoms. The average molecular weight is 489 g/mol. The molecule has 2 heterocycles. The second kappa shape index (κ2) is 9.79. The summed E-state index contributed by atoms with van der Waals surface area (Å²) in [6.45, 7) is 13.9. The van der Waals surface area contributed by atoms with Crippen molar-refractivity contribution in [2.24, 2.45) is 0 Å². The van der Waals surface area contributed by atoms with E-state index in [2.05, 4.69) is 42.0 Å². The van der Waals surface area contributed by atoms with Gasteiger partial charge in [0.1, 0.15) is 0 Å². The van der Waals surface area contributed by atoms with Gasteiger partial charge in [0.05, 0.1) is 5.56 Å². The number of halogens is 4. The van der Waals surface area contributed by atoms with Crippen LogP contribution >= 0.6 is 11.6 Å². The molecule has 34 heavy (non-hydrogen) atoms. The summed E-state index contributed by atoms with van der Waals surface area (Å²) in [5.74, 6) is 0. The number of piperidine rings is 1. The molecule has 0 atom stereocenters. The molecular weight excluding hydrogens is 457 g/mol. The van der Waals surface area contributed by atoms with Gasteiger partial charge in [-0.15, -0.1) is 0 Å². The molecule has 0 N–H and O–H groups in total. The molecule has 0 bridgehead atoms. The Morgan fingerprint density at radius 3 is 2.47 bits per heavy atom. The maximum atomic E-state index is 13.3. The number of nitrogens with zero attached hydrogens (tertiary/aromatic N) is 2. The topological polar surface area (TPSA) is 6.48 Å². The first-order chi connectivity index (χ1) is 16.2. The first kappa shape index (κ1) is 24.9. The standard InChI is InChI=1S/C28H32ClF3N2/c1-4-14-34-20(3)27(25-19-23(29)10-11-26(25)34)12-16-33(17-13-27)15-6-7-21-8-9-22(5-2)24(18-21)28(30,31)32/h5,8-11,18-19H,2-4,6-7,12-17H2,1H3. The van der Waals surface area contributed by atoms with Crippen LogP contribution in [0.2, 0.25) is 5.02 Å². The molecule has 0 saturated carbocycles. The van der Waals surface area contributed by atoms with Crippen molar-refractivity contribution in [3.8, 4) is 0 Å². The summed E-state index contributed by atoms with van der Waals surface area (Å²) in [4.78, 5) is 4.78. The van der Waals surface area contributed by atoms with Crippen molar-refractivity contribution in [2.75, 3.05) is 31.1 Å². The number of hydrogen-bond acceptors (Lipinski definition) is 2. The molecule has 6 heteroatoms. The summed E-state index contributed by atoms with van der Waals surface area (Å²) in [5.41, 5.74) is 3.87. The van der Waals surface area contributed by atoms with Gasteiger partial charge in [-0.3, -0.25) is 0 Å². The molecule has 0 amide bonds. The average Bonchev–Trinajstić information content (AvgIpc) is 3.02. The number of hydrogen-bond donors (Lipinski definition) is 0. The summed E-state index contributed by atoms with van der Waals surface area (Å²) >= 11 is 6.38. The molecule has 2 nitrogen and oxygen atoms in total. The first-order valence-corrected chi connectivity index (χ1v) is 12.4. The number of alkyl halides is 3. The third-order valence-corrected chi connectivity index (χ3v) is 7.62. The van der Waals surface area contributed by atoms with Gasteiger partial charge in [0.25, 0.3) is 0 Å². The Morgan fingerprint density at radius 2 is 1.82 bits per heavy atom. The maximum Gasteiger partial charge on any atom is 0.416 e. The van der Waals surface area contributed by atoms with Gasteiger partial charge >= 0.3 is 6.18 Å². The van der Waals surface area contributed by atoms with Crippen molar-refractivity contribution in [3.05, 3.63) is 82.5 Å². The van der Waals surface area contributed by atoms with Gasteiger partial charge in [0.15, 0.2) is 0 Å². The van der Waals surface area contributed by atoms with Gasteiger partial charge in [-0.2, -0.15) is 13.2 Å². The van der Waals surface area contributed by atoms with Crippen LogP contribution in [0.1, 0.15) is 54.9 Å². The second-order valence-corrected chi connectivity index (χ2v) is 9.85. The van der Waals surface area contributed by atoms with Crippen molar-refractivity contribution in [3.63, 3.8) is 0 Å². The highest BCUT2D eigenvalue weighted by molar-refractivity contribution is 6.30. The van der Waals surface area contributed by atoms with Crippen molar-refractivity contribution in [1.29, 1.82) is 0 Å². The van der Waals surface area contributed by atoms with Gasteiger partial charge in [0.2, 0.25) is 0 Å². The fraction of sp³-hybridized carbons (Fsp3) is 0.429. The molecule has 0 radical (unpaired) electrons. The zero-order valence-corrected chi connectivity index (χ0v) is 20.5. The Balaban J connectivity index is 1.39. The Bertz CT molecular complexity index is 1070. The predicted molar refractivity (Wildman–Crippen MR) is 135 cm³/mol. The van der Waals surface area contributed by atoms with Crippen molar-refractivity contribution >= 4 is 23.4 Å².